The van der Waals surface area contributed by atoms with E-state index in [1.54, 1.807) is 0 Å². The van der Waals surface area contributed by atoms with Crippen LogP contribution in [0.4, 0.5) is 17.2 Å². The molecule has 7 rings (SSSR count). The number of para-hydroxylation sites is 2. The highest BCUT2D eigenvalue weighted by Gasteiger charge is 2.56. The molecule has 4 saturated carbocycles. The minimum Gasteiger partial charge on any atom is -0.338 e. The van der Waals surface area contributed by atoms with Crippen molar-refractivity contribution in [3.05, 3.63) is 36.0 Å². The van der Waals surface area contributed by atoms with Gasteiger partial charge in [0, 0.05) is 12.6 Å². The Morgan fingerprint density at radius 3 is 2.48 bits per heavy atom. The molecule has 2 aromatic rings. The minimum absolute atomic E-state index is 0.130. The van der Waals surface area contributed by atoms with Gasteiger partial charge in [-0.3, -0.25) is 9.48 Å². The van der Waals surface area contributed by atoms with E-state index in [1.165, 1.54) is 19.3 Å². The van der Waals surface area contributed by atoms with Gasteiger partial charge in [-0.1, -0.05) is 12.1 Å². The van der Waals surface area contributed by atoms with Crippen LogP contribution in [0, 0.1) is 23.2 Å². The number of hydrogen-bond acceptors (Lipinski definition) is 3. The summed E-state index contributed by atoms with van der Waals surface area (Å²) < 4.78 is 1.87. The number of anilines is 3. The summed E-state index contributed by atoms with van der Waals surface area (Å²) in [5, 5.41) is 7.93. The molecule has 2 heterocycles. The SMILES string of the molecule is Cn1ncc2c1Nc1ccccc1N(C(=O)C13CC4CC(CC(C4)C1)C3)C2. The van der Waals surface area contributed by atoms with Crippen LogP contribution < -0.4 is 10.2 Å². The Kier molecular flexibility index (Phi) is 3.13. The van der Waals surface area contributed by atoms with Crippen LogP contribution in [0.3, 0.4) is 0 Å². The van der Waals surface area contributed by atoms with Crippen molar-refractivity contribution in [3.8, 4) is 0 Å². The van der Waals surface area contributed by atoms with E-state index in [2.05, 4.69) is 27.4 Å². The van der Waals surface area contributed by atoms with E-state index in [4.69, 9.17) is 0 Å². The van der Waals surface area contributed by atoms with Gasteiger partial charge in [0.15, 0.2) is 0 Å². The molecule has 5 aliphatic rings. The maximum absolute atomic E-state index is 14.1. The molecule has 1 aromatic carbocycles. The predicted octanol–water partition coefficient (Wildman–Crippen LogP) is 4.23. The van der Waals surface area contributed by atoms with Gasteiger partial charge >= 0.3 is 0 Å². The lowest BCUT2D eigenvalue weighted by Gasteiger charge is -2.56. The monoisotopic (exact) mass is 362 g/mol. The normalized spacial score (nSPS) is 33.2. The molecule has 4 bridgehead atoms. The van der Waals surface area contributed by atoms with Gasteiger partial charge < -0.3 is 10.2 Å². The van der Waals surface area contributed by atoms with Crippen molar-refractivity contribution in [1.82, 2.24) is 9.78 Å². The van der Waals surface area contributed by atoms with Crippen molar-refractivity contribution in [2.24, 2.45) is 30.2 Å². The molecular weight excluding hydrogens is 336 g/mol. The van der Waals surface area contributed by atoms with Crippen LogP contribution in [0.15, 0.2) is 30.5 Å². The molecular formula is C22H26N4O. The number of hydrogen-bond donors (Lipinski definition) is 1. The number of fused-ring (bicyclic) bond motifs is 2. The van der Waals surface area contributed by atoms with Gasteiger partial charge in [-0.25, -0.2) is 0 Å². The first-order chi connectivity index (χ1) is 13.1. The van der Waals surface area contributed by atoms with Crippen molar-refractivity contribution in [3.63, 3.8) is 0 Å². The van der Waals surface area contributed by atoms with Crippen molar-refractivity contribution >= 4 is 23.1 Å². The highest BCUT2D eigenvalue weighted by Crippen LogP contribution is 2.61. The first-order valence-corrected chi connectivity index (χ1v) is 10.3. The summed E-state index contributed by atoms with van der Waals surface area (Å²) in [5.74, 6) is 3.66. The van der Waals surface area contributed by atoms with Crippen molar-refractivity contribution in [2.45, 2.75) is 45.1 Å². The summed E-state index contributed by atoms with van der Waals surface area (Å²) >= 11 is 0. The molecule has 1 aliphatic heterocycles. The highest BCUT2D eigenvalue weighted by molar-refractivity contribution is 6.01. The second kappa shape index (κ2) is 5.37. The van der Waals surface area contributed by atoms with Gasteiger partial charge in [0.25, 0.3) is 0 Å². The summed E-state index contributed by atoms with van der Waals surface area (Å²) in [6, 6.07) is 8.22. The van der Waals surface area contributed by atoms with E-state index in [1.807, 2.05) is 30.1 Å². The fraction of sp³-hybridized carbons (Fsp3) is 0.545. The number of rotatable bonds is 1. The van der Waals surface area contributed by atoms with Crippen LogP contribution in [-0.2, 0) is 18.4 Å². The average molecular weight is 362 g/mol. The van der Waals surface area contributed by atoms with Crippen LogP contribution in [0.1, 0.15) is 44.1 Å². The number of nitrogens with zero attached hydrogens (tertiary/aromatic N) is 3. The summed E-state index contributed by atoms with van der Waals surface area (Å²) in [6.07, 6.45) is 9.28. The molecule has 0 unspecified atom stereocenters. The zero-order valence-corrected chi connectivity index (χ0v) is 15.8. The maximum Gasteiger partial charge on any atom is 0.233 e. The molecule has 5 nitrogen and oxygen atoms in total. The van der Waals surface area contributed by atoms with E-state index in [0.717, 1.165) is 59.8 Å². The second-order valence-electron chi connectivity index (χ2n) is 9.37. The van der Waals surface area contributed by atoms with Crippen molar-refractivity contribution in [1.29, 1.82) is 0 Å². The zero-order chi connectivity index (χ0) is 18.2. The summed E-state index contributed by atoms with van der Waals surface area (Å²) in [7, 11) is 1.95. The predicted molar refractivity (Wildman–Crippen MR) is 105 cm³/mol. The molecule has 1 amide bonds. The first kappa shape index (κ1) is 15.7. The number of benzene rings is 1. The Morgan fingerprint density at radius 2 is 1.78 bits per heavy atom. The molecule has 140 valence electrons. The lowest BCUT2D eigenvalue weighted by molar-refractivity contribution is -0.143. The summed E-state index contributed by atoms with van der Waals surface area (Å²) in [5.41, 5.74) is 2.97. The molecule has 0 saturated heterocycles. The molecule has 5 heteroatoms. The van der Waals surface area contributed by atoms with E-state index < -0.39 is 0 Å². The number of nitrogens with one attached hydrogen (secondary N) is 1. The van der Waals surface area contributed by atoms with E-state index >= 15 is 0 Å². The van der Waals surface area contributed by atoms with Gasteiger partial charge in [0.1, 0.15) is 5.82 Å². The van der Waals surface area contributed by atoms with Gasteiger partial charge in [0.2, 0.25) is 5.91 Å². The number of amides is 1. The van der Waals surface area contributed by atoms with Gasteiger partial charge in [0.05, 0.1) is 29.5 Å². The molecule has 0 atom stereocenters. The molecule has 0 spiro atoms. The fourth-order valence-corrected chi connectivity index (χ4v) is 6.80. The van der Waals surface area contributed by atoms with Crippen LogP contribution in [0.25, 0.3) is 0 Å². The van der Waals surface area contributed by atoms with Gasteiger partial charge in [-0.05, 0) is 68.4 Å². The summed E-state index contributed by atoms with van der Waals surface area (Å²) in [4.78, 5) is 16.1. The molecule has 27 heavy (non-hydrogen) atoms. The quantitative estimate of drug-likeness (QED) is 0.826. The third kappa shape index (κ3) is 2.23. The fourth-order valence-electron chi connectivity index (χ4n) is 6.80. The summed E-state index contributed by atoms with van der Waals surface area (Å²) in [6.45, 7) is 0.605. The lowest BCUT2D eigenvalue weighted by atomic mass is 9.49. The number of aromatic nitrogens is 2. The zero-order valence-electron chi connectivity index (χ0n) is 15.8. The van der Waals surface area contributed by atoms with Crippen LogP contribution in [-0.4, -0.2) is 15.7 Å². The highest BCUT2D eigenvalue weighted by atomic mass is 16.2. The Labute approximate surface area is 159 Å². The van der Waals surface area contributed by atoms with Gasteiger partial charge in [-0.15, -0.1) is 0 Å². The lowest BCUT2D eigenvalue weighted by Crippen LogP contribution is -2.54. The van der Waals surface area contributed by atoms with Crippen LogP contribution in [0.5, 0.6) is 0 Å². The van der Waals surface area contributed by atoms with Crippen molar-refractivity contribution < 1.29 is 4.79 Å². The largest absolute Gasteiger partial charge is 0.338 e. The third-order valence-electron chi connectivity index (χ3n) is 7.53. The Bertz CT molecular complexity index is 895. The molecule has 4 aliphatic carbocycles. The second-order valence-corrected chi connectivity index (χ2v) is 9.37. The molecule has 1 aromatic heterocycles. The van der Waals surface area contributed by atoms with E-state index in [-0.39, 0.29) is 5.41 Å². The maximum atomic E-state index is 14.1. The van der Waals surface area contributed by atoms with Crippen molar-refractivity contribution in [2.75, 3.05) is 10.2 Å². The molecule has 4 fully saturated rings. The average Bonchev–Trinajstić information content (AvgIpc) is 2.89. The molecule has 0 radical (unpaired) electrons. The molecule has 1 N–H and O–H groups in total. The van der Waals surface area contributed by atoms with E-state index in [9.17, 15) is 4.79 Å². The standard InChI is InChI=1S/C22H26N4O/c1-25-20-17(12-23-25)13-26(19-5-3-2-4-18(19)24-20)21(27)22-9-14-6-15(10-22)8-16(7-14)11-22/h2-5,12,14-16,24H,6-11,13H2,1H3. The smallest absolute Gasteiger partial charge is 0.233 e. The van der Waals surface area contributed by atoms with Gasteiger partial charge in [-0.2, -0.15) is 5.10 Å². The number of carbonyl (C=O) groups excluding carboxylic acids is 1. The number of aryl methyl sites for hydroxylation is 1. The Morgan fingerprint density at radius 1 is 1.11 bits per heavy atom. The topological polar surface area (TPSA) is 50.2 Å². The Hall–Kier alpha value is -2.30. The van der Waals surface area contributed by atoms with E-state index in [0.29, 0.717) is 12.5 Å². The third-order valence-corrected chi connectivity index (χ3v) is 7.53. The number of carbonyl (C=O) groups is 1. The van der Waals surface area contributed by atoms with Crippen LogP contribution in [0.2, 0.25) is 0 Å². The Balaban J connectivity index is 1.44. The van der Waals surface area contributed by atoms with Crippen LogP contribution >= 0.6 is 0 Å². The first-order valence-electron chi connectivity index (χ1n) is 10.3. The minimum atomic E-state index is -0.130.